The second kappa shape index (κ2) is 10.9. The minimum Gasteiger partial charge on any atom is -0.495 e. The van der Waals surface area contributed by atoms with Gasteiger partial charge in [0.15, 0.2) is 5.13 Å². The largest absolute Gasteiger partial charge is 0.495 e. The standard InChI is InChI=1S/C24H27N5O3S/c1-32-21-10-6-5-9-20(21)26-23(31)27-24-25-19(17-33-24)15-22(30)29-13-11-28(12-14-29)16-18-7-3-2-4-8-18/h2-10,17H,11-16H2,1H3,(H2,25,26,27,31). The van der Waals surface area contributed by atoms with Crippen molar-refractivity contribution in [3.8, 4) is 5.75 Å². The van der Waals surface area contributed by atoms with Crippen molar-refractivity contribution < 1.29 is 14.3 Å². The lowest BCUT2D eigenvalue weighted by Gasteiger charge is -2.34. The van der Waals surface area contributed by atoms with E-state index in [0.29, 0.717) is 35.4 Å². The number of nitrogens with one attached hydrogen (secondary N) is 2. The van der Waals surface area contributed by atoms with Crippen LogP contribution in [0.15, 0.2) is 60.0 Å². The normalized spacial score (nSPS) is 14.0. The summed E-state index contributed by atoms with van der Waals surface area (Å²) in [4.78, 5) is 33.7. The van der Waals surface area contributed by atoms with Gasteiger partial charge in [0.25, 0.3) is 0 Å². The van der Waals surface area contributed by atoms with E-state index in [9.17, 15) is 9.59 Å². The summed E-state index contributed by atoms with van der Waals surface area (Å²) < 4.78 is 5.24. The number of hydrogen-bond acceptors (Lipinski definition) is 6. The Morgan fingerprint density at radius 3 is 2.48 bits per heavy atom. The zero-order valence-corrected chi connectivity index (χ0v) is 19.3. The molecule has 2 heterocycles. The fourth-order valence-corrected chi connectivity index (χ4v) is 4.41. The van der Waals surface area contributed by atoms with Gasteiger partial charge in [-0.1, -0.05) is 42.5 Å². The van der Waals surface area contributed by atoms with Gasteiger partial charge in [-0.25, -0.2) is 9.78 Å². The Morgan fingerprint density at radius 2 is 1.73 bits per heavy atom. The van der Waals surface area contributed by atoms with Gasteiger partial charge in [0.05, 0.1) is 24.9 Å². The van der Waals surface area contributed by atoms with Gasteiger partial charge < -0.3 is 15.0 Å². The Labute approximate surface area is 197 Å². The first-order valence-corrected chi connectivity index (χ1v) is 11.7. The number of hydrogen-bond donors (Lipinski definition) is 2. The third-order valence-corrected chi connectivity index (χ3v) is 6.24. The molecule has 0 aliphatic carbocycles. The smallest absolute Gasteiger partial charge is 0.325 e. The van der Waals surface area contributed by atoms with Crippen molar-refractivity contribution in [2.75, 3.05) is 43.9 Å². The maximum Gasteiger partial charge on any atom is 0.325 e. The number of ether oxygens (including phenoxy) is 1. The first kappa shape index (κ1) is 22.8. The highest BCUT2D eigenvalue weighted by molar-refractivity contribution is 7.14. The molecule has 8 nitrogen and oxygen atoms in total. The second-order valence-electron chi connectivity index (χ2n) is 7.74. The van der Waals surface area contributed by atoms with E-state index in [1.165, 1.54) is 16.9 Å². The van der Waals surface area contributed by atoms with Crippen molar-refractivity contribution in [3.63, 3.8) is 0 Å². The predicted molar refractivity (Wildman–Crippen MR) is 130 cm³/mol. The lowest BCUT2D eigenvalue weighted by atomic mass is 10.2. The van der Waals surface area contributed by atoms with Crippen LogP contribution in [0.5, 0.6) is 5.75 Å². The first-order chi connectivity index (χ1) is 16.1. The van der Waals surface area contributed by atoms with Crippen LogP contribution in [0.1, 0.15) is 11.3 Å². The first-order valence-electron chi connectivity index (χ1n) is 10.8. The summed E-state index contributed by atoms with van der Waals surface area (Å²) >= 11 is 1.30. The number of piperazine rings is 1. The summed E-state index contributed by atoms with van der Waals surface area (Å²) in [6.07, 6.45) is 0.227. The lowest BCUT2D eigenvalue weighted by molar-refractivity contribution is -0.132. The molecular weight excluding hydrogens is 438 g/mol. The van der Waals surface area contributed by atoms with E-state index in [1.807, 2.05) is 40.6 Å². The molecule has 0 unspecified atom stereocenters. The predicted octanol–water partition coefficient (Wildman–Crippen LogP) is 3.68. The fraction of sp³-hybridized carbons (Fsp3) is 0.292. The quantitative estimate of drug-likeness (QED) is 0.556. The number of carbonyl (C=O) groups is 2. The Morgan fingerprint density at radius 1 is 1.00 bits per heavy atom. The third kappa shape index (κ3) is 6.30. The van der Waals surface area contributed by atoms with Gasteiger partial charge in [-0.2, -0.15) is 0 Å². The summed E-state index contributed by atoms with van der Waals surface area (Å²) in [5.74, 6) is 0.631. The van der Waals surface area contributed by atoms with Crippen LogP contribution >= 0.6 is 11.3 Å². The van der Waals surface area contributed by atoms with Crippen molar-refractivity contribution in [1.82, 2.24) is 14.8 Å². The van der Waals surface area contributed by atoms with E-state index < -0.39 is 6.03 Å². The number of aromatic nitrogens is 1. The van der Waals surface area contributed by atoms with Crippen LogP contribution in [0.4, 0.5) is 15.6 Å². The molecule has 0 atom stereocenters. The van der Waals surface area contributed by atoms with Crippen molar-refractivity contribution in [2.45, 2.75) is 13.0 Å². The third-order valence-electron chi connectivity index (χ3n) is 5.43. The Kier molecular flexibility index (Phi) is 7.54. The molecule has 3 aromatic rings. The van der Waals surface area contributed by atoms with Gasteiger partial charge in [0.1, 0.15) is 5.75 Å². The fourth-order valence-electron chi connectivity index (χ4n) is 3.71. The van der Waals surface area contributed by atoms with Crippen LogP contribution in [0.25, 0.3) is 0 Å². The number of methoxy groups -OCH3 is 1. The van der Waals surface area contributed by atoms with Crippen LogP contribution < -0.4 is 15.4 Å². The Bertz CT molecular complexity index is 1080. The van der Waals surface area contributed by atoms with Crippen molar-refractivity contribution in [3.05, 3.63) is 71.2 Å². The molecule has 0 saturated carbocycles. The molecule has 9 heteroatoms. The molecule has 2 N–H and O–H groups in total. The number of nitrogens with zero attached hydrogens (tertiary/aromatic N) is 3. The number of carbonyl (C=O) groups excluding carboxylic acids is 2. The lowest BCUT2D eigenvalue weighted by Crippen LogP contribution is -2.48. The molecule has 1 aliphatic heterocycles. The van der Waals surface area contributed by atoms with Crippen LogP contribution in [0.2, 0.25) is 0 Å². The van der Waals surface area contributed by atoms with E-state index in [4.69, 9.17) is 4.74 Å². The Hall–Kier alpha value is -3.43. The minimum atomic E-state index is -0.415. The van der Waals surface area contributed by atoms with Gasteiger partial charge in [0.2, 0.25) is 5.91 Å². The zero-order chi connectivity index (χ0) is 23.0. The second-order valence-corrected chi connectivity index (χ2v) is 8.60. The summed E-state index contributed by atoms with van der Waals surface area (Å²) in [6.45, 7) is 4.03. The molecule has 172 valence electrons. The van der Waals surface area contributed by atoms with Crippen LogP contribution in [0, 0.1) is 0 Å². The van der Waals surface area contributed by atoms with Gasteiger partial charge in [0, 0.05) is 38.1 Å². The van der Waals surface area contributed by atoms with Crippen LogP contribution in [-0.4, -0.2) is 60.0 Å². The molecule has 1 saturated heterocycles. The highest BCUT2D eigenvalue weighted by atomic mass is 32.1. The minimum absolute atomic E-state index is 0.0599. The van der Waals surface area contributed by atoms with Gasteiger partial charge in [-0.05, 0) is 17.7 Å². The number of urea groups is 1. The van der Waals surface area contributed by atoms with E-state index in [0.717, 1.165) is 19.6 Å². The van der Waals surface area contributed by atoms with Gasteiger partial charge >= 0.3 is 6.03 Å². The monoisotopic (exact) mass is 465 g/mol. The Balaban J connectivity index is 1.24. The molecule has 1 aliphatic rings. The maximum atomic E-state index is 12.7. The summed E-state index contributed by atoms with van der Waals surface area (Å²) in [5.41, 5.74) is 2.51. The molecule has 4 rings (SSSR count). The summed E-state index contributed by atoms with van der Waals surface area (Å²) in [7, 11) is 1.55. The average molecular weight is 466 g/mol. The highest BCUT2D eigenvalue weighted by Crippen LogP contribution is 2.24. The SMILES string of the molecule is COc1ccccc1NC(=O)Nc1nc(CC(=O)N2CCN(Cc3ccccc3)CC2)cs1. The van der Waals surface area contributed by atoms with Crippen molar-refractivity contribution in [1.29, 1.82) is 0 Å². The van der Waals surface area contributed by atoms with E-state index in [-0.39, 0.29) is 12.3 Å². The number of para-hydroxylation sites is 2. The molecule has 3 amide bonds. The maximum absolute atomic E-state index is 12.7. The molecule has 1 aromatic heterocycles. The zero-order valence-electron chi connectivity index (χ0n) is 18.5. The molecule has 33 heavy (non-hydrogen) atoms. The molecule has 0 bridgehead atoms. The number of anilines is 2. The van der Waals surface area contributed by atoms with Gasteiger partial charge in [-0.15, -0.1) is 11.3 Å². The number of thiazole rings is 1. The molecule has 0 radical (unpaired) electrons. The molecular formula is C24H27N5O3S. The number of rotatable bonds is 7. The van der Waals surface area contributed by atoms with Crippen molar-refractivity contribution in [2.24, 2.45) is 0 Å². The average Bonchev–Trinajstić information content (AvgIpc) is 3.27. The summed E-state index contributed by atoms with van der Waals surface area (Å²) in [5, 5.41) is 7.71. The highest BCUT2D eigenvalue weighted by Gasteiger charge is 2.22. The topological polar surface area (TPSA) is 86.8 Å². The number of benzene rings is 2. The molecule has 0 spiro atoms. The molecule has 2 aromatic carbocycles. The van der Waals surface area contributed by atoms with E-state index in [2.05, 4.69) is 32.7 Å². The van der Waals surface area contributed by atoms with Gasteiger partial charge in [-0.3, -0.25) is 15.0 Å². The molecule has 1 fully saturated rings. The summed E-state index contributed by atoms with van der Waals surface area (Å²) in [6, 6.07) is 17.1. The van der Waals surface area contributed by atoms with E-state index >= 15 is 0 Å². The van der Waals surface area contributed by atoms with Crippen LogP contribution in [0.3, 0.4) is 0 Å². The number of amides is 3. The van der Waals surface area contributed by atoms with Crippen molar-refractivity contribution >= 4 is 34.1 Å². The van der Waals surface area contributed by atoms with E-state index in [1.54, 1.807) is 19.2 Å². The van der Waals surface area contributed by atoms with Crippen LogP contribution in [-0.2, 0) is 17.8 Å².